The molecule has 0 spiro atoms. The molecule has 0 aliphatic rings. The summed E-state index contributed by atoms with van der Waals surface area (Å²) in [6.07, 6.45) is 2.47. The summed E-state index contributed by atoms with van der Waals surface area (Å²) in [4.78, 5) is 25.3. The lowest BCUT2D eigenvalue weighted by atomic mass is 10.1. The molecule has 1 aromatic heterocycles. The number of rotatable bonds is 12. The maximum absolute atomic E-state index is 12.7. The number of para-hydroxylation sites is 1. The molecule has 0 aliphatic heterocycles. The molecule has 1 heterocycles. The first kappa shape index (κ1) is 26.0. The number of thioether (sulfide) groups is 1. The maximum Gasteiger partial charge on any atom is 0.251 e. The van der Waals surface area contributed by atoms with Gasteiger partial charge >= 0.3 is 0 Å². The third-order valence-electron chi connectivity index (χ3n) is 5.21. The lowest BCUT2D eigenvalue weighted by Crippen LogP contribution is -2.33. The number of hydrogen-bond donors (Lipinski definition) is 3. The molecule has 0 saturated carbocycles. The molecule has 0 fully saturated rings. The topological polar surface area (TPSA) is 118 Å². The number of amides is 2. The molecule has 3 N–H and O–H groups in total. The summed E-state index contributed by atoms with van der Waals surface area (Å²) >= 11 is 1.22. The fourth-order valence-corrected chi connectivity index (χ4v) is 4.16. The van der Waals surface area contributed by atoms with Gasteiger partial charge in [-0.05, 0) is 42.3 Å². The van der Waals surface area contributed by atoms with Crippen LogP contribution in [0.2, 0.25) is 0 Å². The Kier molecular flexibility index (Phi) is 9.45. The van der Waals surface area contributed by atoms with E-state index in [0.29, 0.717) is 28.8 Å². The number of methoxy groups -OCH3 is 1. The van der Waals surface area contributed by atoms with Gasteiger partial charge in [-0.2, -0.15) is 0 Å². The third kappa shape index (κ3) is 6.71. The number of carbonyl (C=O) groups excluding carboxylic acids is 2. The summed E-state index contributed by atoms with van der Waals surface area (Å²) in [5.41, 5.74) is 2.26. The van der Waals surface area contributed by atoms with Crippen LogP contribution in [-0.4, -0.2) is 51.2 Å². The van der Waals surface area contributed by atoms with Gasteiger partial charge in [0.1, 0.15) is 11.8 Å². The molecule has 0 saturated heterocycles. The number of carbonyl (C=O) groups is 2. The number of benzene rings is 2. The molecule has 0 unspecified atom stereocenters. The van der Waals surface area contributed by atoms with Crippen molar-refractivity contribution in [3.05, 3.63) is 78.1 Å². The Morgan fingerprint density at radius 3 is 2.60 bits per heavy atom. The van der Waals surface area contributed by atoms with Gasteiger partial charge in [0.25, 0.3) is 5.91 Å². The molecule has 9 nitrogen and oxygen atoms in total. The second kappa shape index (κ2) is 12.7. The molecular formula is C25H29N5O4S. The van der Waals surface area contributed by atoms with Crippen molar-refractivity contribution in [3.63, 3.8) is 0 Å². The zero-order chi connectivity index (χ0) is 25.2. The average Bonchev–Trinajstić information content (AvgIpc) is 3.28. The van der Waals surface area contributed by atoms with Gasteiger partial charge in [0, 0.05) is 17.8 Å². The summed E-state index contributed by atoms with van der Waals surface area (Å²) < 4.78 is 6.84. The van der Waals surface area contributed by atoms with Gasteiger partial charge in [0.05, 0.1) is 19.5 Å². The van der Waals surface area contributed by atoms with E-state index in [1.807, 2.05) is 31.2 Å². The van der Waals surface area contributed by atoms with Crippen molar-refractivity contribution < 1.29 is 19.4 Å². The van der Waals surface area contributed by atoms with Crippen molar-refractivity contribution in [2.45, 2.75) is 31.1 Å². The molecule has 3 aromatic rings. The quantitative estimate of drug-likeness (QED) is 0.261. The number of aliphatic hydroxyl groups excluding tert-OH is 1. The average molecular weight is 496 g/mol. The van der Waals surface area contributed by atoms with Crippen LogP contribution in [0, 0.1) is 0 Å². The lowest BCUT2D eigenvalue weighted by molar-refractivity contribution is -0.113. The number of ether oxygens (including phenoxy) is 1. The maximum atomic E-state index is 12.7. The number of aromatic nitrogens is 3. The van der Waals surface area contributed by atoms with E-state index in [4.69, 9.17) is 4.74 Å². The van der Waals surface area contributed by atoms with Crippen LogP contribution in [0.4, 0.5) is 5.69 Å². The van der Waals surface area contributed by atoms with Crippen molar-refractivity contribution in [1.82, 2.24) is 20.1 Å². The van der Waals surface area contributed by atoms with Crippen LogP contribution >= 0.6 is 11.8 Å². The Balaban J connectivity index is 1.70. The highest BCUT2D eigenvalue weighted by molar-refractivity contribution is 7.99. The zero-order valence-electron chi connectivity index (χ0n) is 19.7. The number of allylic oxidation sites excluding steroid dienone is 1. The SMILES string of the molecule is C=CCn1c(SCC(=O)Nc2ccccc2CC)nnc1[C@@H](CO)NC(=O)c1ccc(OC)cc1. The van der Waals surface area contributed by atoms with Crippen LogP contribution in [0.5, 0.6) is 5.75 Å². The van der Waals surface area contributed by atoms with Gasteiger partial charge in [-0.1, -0.05) is 43.0 Å². The highest BCUT2D eigenvalue weighted by Crippen LogP contribution is 2.22. The van der Waals surface area contributed by atoms with E-state index in [-0.39, 0.29) is 24.2 Å². The molecule has 184 valence electrons. The highest BCUT2D eigenvalue weighted by atomic mass is 32.2. The summed E-state index contributed by atoms with van der Waals surface area (Å²) in [5.74, 6) is 0.582. The smallest absolute Gasteiger partial charge is 0.251 e. The summed E-state index contributed by atoms with van der Waals surface area (Å²) in [6.45, 7) is 5.77. The van der Waals surface area contributed by atoms with E-state index in [2.05, 4.69) is 27.4 Å². The van der Waals surface area contributed by atoms with Crippen molar-refractivity contribution in [1.29, 1.82) is 0 Å². The van der Waals surface area contributed by atoms with Crippen LogP contribution in [0.25, 0.3) is 0 Å². The minimum absolute atomic E-state index is 0.120. The fourth-order valence-electron chi connectivity index (χ4n) is 3.41. The van der Waals surface area contributed by atoms with Gasteiger partial charge in [0.15, 0.2) is 11.0 Å². The van der Waals surface area contributed by atoms with Crippen molar-refractivity contribution in [2.75, 3.05) is 24.8 Å². The molecule has 0 radical (unpaired) electrons. The van der Waals surface area contributed by atoms with E-state index in [9.17, 15) is 14.7 Å². The van der Waals surface area contributed by atoms with Crippen molar-refractivity contribution in [3.8, 4) is 5.75 Å². The molecule has 2 amide bonds. The van der Waals surface area contributed by atoms with E-state index in [1.54, 1.807) is 42.0 Å². The molecule has 1 atom stereocenters. The minimum Gasteiger partial charge on any atom is -0.497 e. The molecule has 3 rings (SSSR count). The van der Waals surface area contributed by atoms with E-state index in [0.717, 1.165) is 17.7 Å². The van der Waals surface area contributed by atoms with Crippen LogP contribution in [0.1, 0.15) is 34.7 Å². The monoisotopic (exact) mass is 495 g/mol. The predicted molar refractivity (Wildman–Crippen MR) is 136 cm³/mol. The fraction of sp³-hybridized carbons (Fsp3) is 0.280. The second-order valence-electron chi connectivity index (χ2n) is 7.52. The largest absolute Gasteiger partial charge is 0.497 e. The zero-order valence-corrected chi connectivity index (χ0v) is 20.5. The Bertz CT molecular complexity index is 1160. The van der Waals surface area contributed by atoms with Crippen LogP contribution in [0.3, 0.4) is 0 Å². The number of hydrogen-bond acceptors (Lipinski definition) is 7. The summed E-state index contributed by atoms with van der Waals surface area (Å²) in [7, 11) is 1.55. The van der Waals surface area contributed by atoms with E-state index >= 15 is 0 Å². The van der Waals surface area contributed by atoms with Gasteiger partial charge in [-0.15, -0.1) is 16.8 Å². The Morgan fingerprint density at radius 2 is 1.94 bits per heavy atom. The number of aliphatic hydroxyl groups is 1. The Morgan fingerprint density at radius 1 is 1.20 bits per heavy atom. The van der Waals surface area contributed by atoms with E-state index < -0.39 is 6.04 Å². The highest BCUT2D eigenvalue weighted by Gasteiger charge is 2.23. The van der Waals surface area contributed by atoms with Crippen LogP contribution in [-0.2, 0) is 17.8 Å². The molecule has 0 bridgehead atoms. The Hall–Kier alpha value is -3.63. The van der Waals surface area contributed by atoms with E-state index in [1.165, 1.54) is 11.8 Å². The normalized spacial score (nSPS) is 11.5. The van der Waals surface area contributed by atoms with Gasteiger partial charge < -0.3 is 25.0 Å². The standard InChI is InChI=1S/C25H29N5O4S/c1-4-14-30-23(21(15-31)27-24(33)18-10-12-19(34-3)13-11-18)28-29-25(30)35-16-22(32)26-20-9-7-6-8-17(20)5-2/h4,6-13,21,31H,1,5,14-16H2,2-3H3,(H,26,32)(H,27,33)/t21-/m1/s1. The first-order valence-corrected chi connectivity index (χ1v) is 12.1. The van der Waals surface area contributed by atoms with Crippen LogP contribution in [0.15, 0.2) is 66.3 Å². The third-order valence-corrected chi connectivity index (χ3v) is 6.18. The number of nitrogens with one attached hydrogen (secondary N) is 2. The molecule has 2 aromatic carbocycles. The number of aryl methyl sites for hydroxylation is 1. The number of anilines is 1. The first-order chi connectivity index (χ1) is 17.0. The van der Waals surface area contributed by atoms with Crippen LogP contribution < -0.4 is 15.4 Å². The predicted octanol–water partition coefficient (Wildman–Crippen LogP) is 3.23. The van der Waals surface area contributed by atoms with Crippen molar-refractivity contribution in [2.24, 2.45) is 0 Å². The lowest BCUT2D eigenvalue weighted by Gasteiger charge is -2.17. The molecule has 0 aliphatic carbocycles. The van der Waals surface area contributed by atoms with Crippen molar-refractivity contribution >= 4 is 29.3 Å². The molecule has 10 heteroatoms. The van der Waals surface area contributed by atoms with Gasteiger partial charge in [-0.3, -0.25) is 9.59 Å². The number of nitrogens with zero attached hydrogens (tertiary/aromatic N) is 3. The second-order valence-corrected chi connectivity index (χ2v) is 8.47. The van der Waals surface area contributed by atoms with Gasteiger partial charge in [-0.25, -0.2) is 0 Å². The first-order valence-electron chi connectivity index (χ1n) is 11.1. The summed E-state index contributed by atoms with van der Waals surface area (Å²) in [6, 6.07) is 13.5. The minimum atomic E-state index is -0.795. The molecular weight excluding hydrogens is 466 g/mol. The molecule has 35 heavy (non-hydrogen) atoms. The summed E-state index contributed by atoms with van der Waals surface area (Å²) in [5, 5.41) is 24.6. The van der Waals surface area contributed by atoms with Gasteiger partial charge in [0.2, 0.25) is 5.91 Å². The Labute approximate surface area is 208 Å².